The van der Waals surface area contributed by atoms with E-state index < -0.39 is 0 Å². The van der Waals surface area contributed by atoms with Crippen molar-refractivity contribution < 1.29 is 14.3 Å². The number of carbonyl (C=O) groups is 2. The molecule has 0 spiro atoms. The van der Waals surface area contributed by atoms with E-state index >= 15 is 0 Å². The molecule has 29 heavy (non-hydrogen) atoms. The summed E-state index contributed by atoms with van der Waals surface area (Å²) in [6.45, 7) is 0.479. The number of fused-ring (bicyclic) bond motifs is 1. The Balaban J connectivity index is 1.43. The average molecular weight is 390 g/mol. The molecule has 0 radical (unpaired) electrons. The summed E-state index contributed by atoms with van der Waals surface area (Å²) >= 11 is 0. The minimum Gasteiger partial charge on any atom is -0.493 e. The normalized spacial score (nSPS) is 10.6. The van der Waals surface area contributed by atoms with Gasteiger partial charge in [-0.15, -0.1) is 0 Å². The van der Waals surface area contributed by atoms with Crippen molar-refractivity contribution in [1.82, 2.24) is 4.90 Å². The maximum Gasteiger partial charge on any atom is 0.226 e. The number of nitrogens with zero attached hydrogens (tertiary/aromatic N) is 1. The van der Waals surface area contributed by atoms with Gasteiger partial charge in [0.1, 0.15) is 5.75 Å². The molecule has 150 valence electrons. The molecule has 0 saturated carbocycles. The molecule has 0 aliphatic heterocycles. The van der Waals surface area contributed by atoms with Crippen molar-refractivity contribution in [2.75, 3.05) is 26.0 Å². The Labute approximate surface area is 171 Å². The predicted molar refractivity (Wildman–Crippen MR) is 116 cm³/mol. The van der Waals surface area contributed by atoms with Gasteiger partial charge in [-0.05, 0) is 35.6 Å². The predicted octanol–water partition coefficient (Wildman–Crippen LogP) is 4.27. The van der Waals surface area contributed by atoms with Gasteiger partial charge in [0.05, 0.1) is 13.0 Å². The van der Waals surface area contributed by atoms with Crippen molar-refractivity contribution in [2.24, 2.45) is 0 Å². The van der Waals surface area contributed by atoms with Crippen LogP contribution in [0.5, 0.6) is 5.75 Å². The second-order valence-corrected chi connectivity index (χ2v) is 7.14. The molecular formula is C24H26N2O3. The Hall–Kier alpha value is -3.34. The van der Waals surface area contributed by atoms with Crippen molar-refractivity contribution >= 4 is 28.3 Å². The fourth-order valence-electron chi connectivity index (χ4n) is 3.00. The number of carbonyl (C=O) groups excluding carboxylic acids is 2. The van der Waals surface area contributed by atoms with Gasteiger partial charge in [-0.1, -0.05) is 48.5 Å². The third-order valence-corrected chi connectivity index (χ3v) is 4.65. The summed E-state index contributed by atoms with van der Waals surface area (Å²) in [4.78, 5) is 25.5. The lowest BCUT2D eigenvalue weighted by atomic mass is 10.1. The highest BCUT2D eigenvalue weighted by Crippen LogP contribution is 2.25. The van der Waals surface area contributed by atoms with Gasteiger partial charge in [-0.3, -0.25) is 9.59 Å². The topological polar surface area (TPSA) is 58.6 Å². The second kappa shape index (κ2) is 9.73. The van der Waals surface area contributed by atoms with Crippen LogP contribution < -0.4 is 10.1 Å². The molecule has 1 N–H and O–H groups in total. The number of likely N-dealkylation sites (N-methyl/N-ethyl adjacent to an activating group) is 1. The molecule has 3 aromatic rings. The third kappa shape index (κ3) is 5.82. The van der Waals surface area contributed by atoms with Crippen LogP contribution >= 0.6 is 0 Å². The van der Waals surface area contributed by atoms with E-state index in [2.05, 4.69) is 17.4 Å². The van der Waals surface area contributed by atoms with E-state index in [0.29, 0.717) is 25.9 Å². The van der Waals surface area contributed by atoms with Crippen molar-refractivity contribution in [3.05, 3.63) is 72.3 Å². The van der Waals surface area contributed by atoms with Crippen molar-refractivity contribution in [3.63, 3.8) is 0 Å². The molecule has 0 fully saturated rings. The van der Waals surface area contributed by atoms with Crippen molar-refractivity contribution in [2.45, 2.75) is 19.3 Å². The van der Waals surface area contributed by atoms with Crippen LogP contribution in [0.4, 0.5) is 5.69 Å². The van der Waals surface area contributed by atoms with Gasteiger partial charge in [0, 0.05) is 31.6 Å². The van der Waals surface area contributed by atoms with Gasteiger partial charge in [0.2, 0.25) is 11.8 Å². The van der Waals surface area contributed by atoms with Gasteiger partial charge in [0.25, 0.3) is 0 Å². The first-order chi connectivity index (χ1) is 14.0. The standard InChI is InChI=1S/C24H26N2O3/c1-26(2)24(28)17-18-12-14-20(15-13-18)25-23(27)11-6-16-29-22-10-5-8-19-7-3-4-9-21(19)22/h3-5,7-10,12-15H,6,11,16-17H2,1-2H3,(H,25,27). The van der Waals surface area contributed by atoms with E-state index in [1.165, 1.54) is 0 Å². The first-order valence-electron chi connectivity index (χ1n) is 9.72. The highest BCUT2D eigenvalue weighted by molar-refractivity contribution is 5.91. The van der Waals surface area contributed by atoms with Crippen LogP contribution in [0.3, 0.4) is 0 Å². The molecule has 0 atom stereocenters. The average Bonchev–Trinajstić information content (AvgIpc) is 2.72. The largest absolute Gasteiger partial charge is 0.493 e. The molecule has 5 heteroatoms. The quantitative estimate of drug-likeness (QED) is 0.585. The number of ether oxygens (including phenoxy) is 1. The molecular weight excluding hydrogens is 364 g/mol. The fraction of sp³-hybridized carbons (Fsp3) is 0.250. The number of benzene rings is 3. The van der Waals surface area contributed by atoms with Gasteiger partial charge in [-0.2, -0.15) is 0 Å². The van der Waals surface area contributed by atoms with Crippen molar-refractivity contribution in [1.29, 1.82) is 0 Å². The molecule has 0 aliphatic carbocycles. The maximum absolute atomic E-state index is 12.2. The Morgan fingerprint density at radius 1 is 0.931 bits per heavy atom. The zero-order valence-corrected chi connectivity index (χ0v) is 16.9. The molecule has 0 aliphatic rings. The Morgan fingerprint density at radius 2 is 1.66 bits per heavy atom. The number of nitrogens with one attached hydrogen (secondary N) is 1. The molecule has 0 bridgehead atoms. The van der Waals surface area contributed by atoms with E-state index in [-0.39, 0.29) is 11.8 Å². The number of rotatable bonds is 8. The number of anilines is 1. The number of amides is 2. The molecule has 5 nitrogen and oxygen atoms in total. The smallest absolute Gasteiger partial charge is 0.226 e. The highest BCUT2D eigenvalue weighted by atomic mass is 16.5. The summed E-state index contributed by atoms with van der Waals surface area (Å²) in [6.07, 6.45) is 1.36. The van der Waals surface area contributed by atoms with E-state index in [9.17, 15) is 9.59 Å². The van der Waals surface area contributed by atoms with Crippen LogP contribution in [-0.4, -0.2) is 37.4 Å². The molecule has 0 unspecified atom stereocenters. The monoisotopic (exact) mass is 390 g/mol. The van der Waals surface area contributed by atoms with Crippen LogP contribution in [0.2, 0.25) is 0 Å². The first kappa shape index (κ1) is 20.4. The minimum absolute atomic E-state index is 0.0491. The SMILES string of the molecule is CN(C)C(=O)Cc1ccc(NC(=O)CCCOc2cccc3ccccc23)cc1. The lowest BCUT2D eigenvalue weighted by molar-refractivity contribution is -0.128. The Morgan fingerprint density at radius 3 is 2.41 bits per heavy atom. The zero-order chi connectivity index (χ0) is 20.6. The Kier molecular flexibility index (Phi) is 6.85. The van der Waals surface area contributed by atoms with Gasteiger partial charge < -0.3 is 15.0 Å². The van der Waals surface area contributed by atoms with Crippen molar-refractivity contribution in [3.8, 4) is 5.75 Å². The summed E-state index contributed by atoms with van der Waals surface area (Å²) in [7, 11) is 3.47. The lowest BCUT2D eigenvalue weighted by Crippen LogP contribution is -2.23. The van der Waals surface area contributed by atoms with E-state index in [1.807, 2.05) is 54.6 Å². The third-order valence-electron chi connectivity index (χ3n) is 4.65. The summed E-state index contributed by atoms with van der Waals surface area (Å²) in [5.74, 6) is 0.836. The van der Waals surface area contributed by atoms with Gasteiger partial charge in [0.15, 0.2) is 0 Å². The molecule has 3 rings (SSSR count). The fourth-order valence-corrected chi connectivity index (χ4v) is 3.00. The lowest BCUT2D eigenvalue weighted by Gasteiger charge is -2.11. The highest BCUT2D eigenvalue weighted by Gasteiger charge is 2.07. The molecule has 0 aromatic heterocycles. The molecule has 0 heterocycles. The number of hydrogen-bond donors (Lipinski definition) is 1. The van der Waals surface area contributed by atoms with Crippen LogP contribution in [0.25, 0.3) is 10.8 Å². The molecule has 3 aromatic carbocycles. The second-order valence-electron chi connectivity index (χ2n) is 7.14. The summed E-state index contributed by atoms with van der Waals surface area (Å²) in [6, 6.07) is 21.4. The van der Waals surface area contributed by atoms with Gasteiger partial charge >= 0.3 is 0 Å². The minimum atomic E-state index is -0.0522. The van der Waals surface area contributed by atoms with Crippen LogP contribution in [0.15, 0.2) is 66.7 Å². The van der Waals surface area contributed by atoms with Crippen LogP contribution in [0, 0.1) is 0 Å². The molecule has 2 amide bonds. The summed E-state index contributed by atoms with van der Waals surface area (Å²) in [5, 5.41) is 5.10. The van der Waals surface area contributed by atoms with E-state index in [0.717, 1.165) is 27.8 Å². The molecule has 0 saturated heterocycles. The van der Waals surface area contributed by atoms with Crippen LogP contribution in [-0.2, 0) is 16.0 Å². The summed E-state index contributed by atoms with van der Waals surface area (Å²) in [5.41, 5.74) is 1.65. The zero-order valence-electron chi connectivity index (χ0n) is 16.9. The van der Waals surface area contributed by atoms with E-state index in [1.54, 1.807) is 19.0 Å². The maximum atomic E-state index is 12.2. The first-order valence-corrected chi connectivity index (χ1v) is 9.72. The van der Waals surface area contributed by atoms with E-state index in [4.69, 9.17) is 4.74 Å². The Bertz CT molecular complexity index is 976. The van der Waals surface area contributed by atoms with Crippen LogP contribution in [0.1, 0.15) is 18.4 Å². The van der Waals surface area contributed by atoms with Gasteiger partial charge in [-0.25, -0.2) is 0 Å². The number of hydrogen-bond acceptors (Lipinski definition) is 3. The summed E-state index contributed by atoms with van der Waals surface area (Å²) < 4.78 is 5.88.